The first-order valence-electron chi connectivity index (χ1n) is 9.19. The number of rotatable bonds is 4. The average Bonchev–Trinajstić information content (AvgIpc) is 2.62. The molecule has 0 spiro atoms. The summed E-state index contributed by atoms with van der Waals surface area (Å²) < 4.78 is 5.25. The Balaban J connectivity index is 2.06. The number of nitrogens with zero attached hydrogens (tertiary/aromatic N) is 3. The van der Waals surface area contributed by atoms with Gasteiger partial charge in [0.15, 0.2) is 0 Å². The minimum absolute atomic E-state index is 0.434. The van der Waals surface area contributed by atoms with Crippen molar-refractivity contribution in [1.29, 1.82) is 0 Å². The van der Waals surface area contributed by atoms with Crippen LogP contribution in [0, 0.1) is 12.3 Å². The zero-order chi connectivity index (χ0) is 18.0. The zero-order valence-electron chi connectivity index (χ0n) is 16.1. The number of hydrogen-bond donors (Lipinski definition) is 0. The second-order valence-electron chi connectivity index (χ2n) is 7.67. The second kappa shape index (κ2) is 7.03. The Hall–Kier alpha value is -2.10. The maximum Gasteiger partial charge on any atom is 0.137 e. The van der Waals surface area contributed by atoms with Crippen LogP contribution in [-0.2, 0) is 6.42 Å². The maximum absolute atomic E-state index is 5.25. The number of piperidine rings is 1. The molecular weight excluding hydrogens is 310 g/mol. The molecule has 25 heavy (non-hydrogen) atoms. The summed E-state index contributed by atoms with van der Waals surface area (Å²) in [5, 5.41) is 0. The summed E-state index contributed by atoms with van der Waals surface area (Å²) in [6.45, 7) is 11.2. The Labute approximate surface area is 151 Å². The van der Waals surface area contributed by atoms with Crippen molar-refractivity contribution in [1.82, 2.24) is 9.97 Å². The second-order valence-corrected chi connectivity index (χ2v) is 7.67. The van der Waals surface area contributed by atoms with E-state index in [-0.39, 0.29) is 0 Å². The first kappa shape index (κ1) is 17.7. The van der Waals surface area contributed by atoms with E-state index in [9.17, 15) is 0 Å². The fraction of sp³-hybridized carbons (Fsp3) is 0.524. The predicted molar refractivity (Wildman–Crippen MR) is 103 cm³/mol. The van der Waals surface area contributed by atoms with Gasteiger partial charge in [-0.25, -0.2) is 0 Å². The molecule has 2 aromatic heterocycles. The number of pyridine rings is 2. The summed E-state index contributed by atoms with van der Waals surface area (Å²) in [7, 11) is 1.67. The molecule has 0 amide bonds. The lowest BCUT2D eigenvalue weighted by atomic mass is 9.82. The van der Waals surface area contributed by atoms with E-state index in [2.05, 4.69) is 42.6 Å². The molecule has 3 rings (SSSR count). The Morgan fingerprint density at radius 3 is 2.40 bits per heavy atom. The standard InChI is InChI=1S/C21H29N3O/c1-6-17-15(2)22-14-18(19-8-7-16(25-5)13-23-19)20(17)24-11-9-21(3,4)10-12-24/h7-8,13-14H,6,9-12H2,1-5H3. The third kappa shape index (κ3) is 3.63. The molecule has 4 nitrogen and oxygen atoms in total. The Morgan fingerprint density at radius 1 is 1.12 bits per heavy atom. The Morgan fingerprint density at radius 2 is 1.84 bits per heavy atom. The number of aromatic nitrogens is 2. The van der Waals surface area contributed by atoms with E-state index in [0.717, 1.165) is 42.2 Å². The number of anilines is 1. The molecule has 0 radical (unpaired) electrons. The van der Waals surface area contributed by atoms with Gasteiger partial charge in [0, 0.05) is 30.5 Å². The normalized spacial score (nSPS) is 16.8. The van der Waals surface area contributed by atoms with Crippen molar-refractivity contribution in [3.63, 3.8) is 0 Å². The van der Waals surface area contributed by atoms with Crippen LogP contribution in [0.5, 0.6) is 5.75 Å². The number of hydrogen-bond acceptors (Lipinski definition) is 4. The van der Waals surface area contributed by atoms with Crippen LogP contribution in [0.4, 0.5) is 5.69 Å². The van der Waals surface area contributed by atoms with Gasteiger partial charge in [0.1, 0.15) is 5.75 Å². The van der Waals surface area contributed by atoms with Crippen LogP contribution in [0.1, 0.15) is 44.9 Å². The highest BCUT2D eigenvalue weighted by atomic mass is 16.5. The summed E-state index contributed by atoms with van der Waals surface area (Å²) in [6, 6.07) is 4.00. The molecule has 2 aromatic rings. The van der Waals surface area contributed by atoms with Gasteiger partial charge in [-0.3, -0.25) is 9.97 Å². The van der Waals surface area contributed by atoms with Crippen LogP contribution in [-0.4, -0.2) is 30.2 Å². The molecule has 1 aliphatic heterocycles. The molecule has 0 aromatic carbocycles. The lowest BCUT2D eigenvalue weighted by Gasteiger charge is -2.40. The summed E-state index contributed by atoms with van der Waals surface area (Å²) in [5.74, 6) is 0.779. The van der Waals surface area contributed by atoms with E-state index in [1.54, 1.807) is 13.3 Å². The van der Waals surface area contributed by atoms with Gasteiger partial charge < -0.3 is 9.64 Å². The van der Waals surface area contributed by atoms with Crippen LogP contribution < -0.4 is 9.64 Å². The predicted octanol–water partition coefficient (Wildman–Crippen LogP) is 4.65. The summed E-state index contributed by atoms with van der Waals surface area (Å²) in [5.41, 5.74) is 6.31. The molecule has 1 aliphatic rings. The first-order valence-corrected chi connectivity index (χ1v) is 9.19. The van der Waals surface area contributed by atoms with Gasteiger partial charge in [0.05, 0.1) is 24.7 Å². The van der Waals surface area contributed by atoms with Gasteiger partial charge in [-0.1, -0.05) is 20.8 Å². The SMILES string of the molecule is CCc1c(C)ncc(-c2ccc(OC)cn2)c1N1CCC(C)(C)CC1. The molecule has 0 aliphatic carbocycles. The lowest BCUT2D eigenvalue weighted by molar-refractivity contribution is 0.279. The zero-order valence-corrected chi connectivity index (χ0v) is 16.1. The largest absolute Gasteiger partial charge is 0.495 e. The van der Waals surface area contributed by atoms with Crippen LogP contribution in [0.25, 0.3) is 11.3 Å². The van der Waals surface area contributed by atoms with Gasteiger partial charge in [-0.05, 0) is 49.3 Å². The molecule has 0 atom stereocenters. The van der Waals surface area contributed by atoms with Gasteiger partial charge in [0.25, 0.3) is 0 Å². The molecule has 0 unspecified atom stereocenters. The fourth-order valence-corrected chi connectivity index (χ4v) is 3.60. The van der Waals surface area contributed by atoms with Gasteiger partial charge >= 0.3 is 0 Å². The van der Waals surface area contributed by atoms with Gasteiger partial charge in [-0.15, -0.1) is 0 Å². The van der Waals surface area contributed by atoms with Crippen molar-refractivity contribution < 1.29 is 4.74 Å². The van der Waals surface area contributed by atoms with Gasteiger partial charge in [0.2, 0.25) is 0 Å². The maximum atomic E-state index is 5.25. The minimum Gasteiger partial charge on any atom is -0.495 e. The van der Waals surface area contributed by atoms with Crippen molar-refractivity contribution in [3.05, 3.63) is 35.8 Å². The van der Waals surface area contributed by atoms with E-state index >= 15 is 0 Å². The first-order chi connectivity index (χ1) is 11.9. The molecular formula is C21H29N3O. The molecule has 1 fully saturated rings. The Kier molecular flexibility index (Phi) is 4.98. The topological polar surface area (TPSA) is 38.3 Å². The van der Waals surface area contributed by atoms with Crippen molar-refractivity contribution in [2.24, 2.45) is 5.41 Å². The van der Waals surface area contributed by atoms with Crippen molar-refractivity contribution >= 4 is 5.69 Å². The van der Waals surface area contributed by atoms with Crippen LogP contribution in [0.3, 0.4) is 0 Å². The fourth-order valence-electron chi connectivity index (χ4n) is 3.60. The van der Waals surface area contributed by atoms with Crippen LogP contribution in [0.15, 0.2) is 24.5 Å². The monoisotopic (exact) mass is 339 g/mol. The highest BCUT2D eigenvalue weighted by Crippen LogP contribution is 2.39. The number of ether oxygens (including phenoxy) is 1. The third-order valence-electron chi connectivity index (χ3n) is 5.40. The lowest BCUT2D eigenvalue weighted by Crippen LogP contribution is -2.38. The van der Waals surface area contributed by atoms with Crippen molar-refractivity contribution in [2.75, 3.05) is 25.1 Å². The van der Waals surface area contributed by atoms with E-state index in [4.69, 9.17) is 4.74 Å². The Bertz CT molecular complexity index is 728. The molecule has 4 heteroatoms. The average molecular weight is 339 g/mol. The van der Waals surface area contributed by atoms with Crippen molar-refractivity contribution in [3.8, 4) is 17.0 Å². The van der Waals surface area contributed by atoms with Crippen LogP contribution >= 0.6 is 0 Å². The molecule has 0 saturated carbocycles. The van der Waals surface area contributed by atoms with E-state index in [1.165, 1.54) is 24.1 Å². The van der Waals surface area contributed by atoms with Crippen molar-refractivity contribution in [2.45, 2.75) is 47.0 Å². The summed E-state index contributed by atoms with van der Waals surface area (Å²) in [6.07, 6.45) is 7.18. The van der Waals surface area contributed by atoms with E-state index in [0.29, 0.717) is 5.41 Å². The van der Waals surface area contributed by atoms with Gasteiger partial charge in [-0.2, -0.15) is 0 Å². The molecule has 134 valence electrons. The van der Waals surface area contributed by atoms with Crippen LogP contribution in [0.2, 0.25) is 0 Å². The summed E-state index contributed by atoms with van der Waals surface area (Å²) >= 11 is 0. The smallest absolute Gasteiger partial charge is 0.137 e. The molecule has 1 saturated heterocycles. The number of aryl methyl sites for hydroxylation is 1. The highest BCUT2D eigenvalue weighted by molar-refractivity contribution is 5.79. The minimum atomic E-state index is 0.434. The quantitative estimate of drug-likeness (QED) is 0.813. The van der Waals surface area contributed by atoms with E-state index < -0.39 is 0 Å². The third-order valence-corrected chi connectivity index (χ3v) is 5.40. The molecule has 3 heterocycles. The number of methoxy groups -OCH3 is 1. The summed E-state index contributed by atoms with van der Waals surface area (Å²) in [4.78, 5) is 11.8. The molecule has 0 N–H and O–H groups in total. The van der Waals surface area contributed by atoms with E-state index in [1.807, 2.05) is 18.3 Å². The highest BCUT2D eigenvalue weighted by Gasteiger charge is 2.28. The molecule has 0 bridgehead atoms.